The van der Waals surface area contributed by atoms with Gasteiger partial charge in [0.05, 0.1) is 5.56 Å². The number of piperidine rings is 1. The second-order valence-corrected chi connectivity index (χ2v) is 8.66. The molecule has 4 nitrogen and oxygen atoms in total. The minimum Gasteiger partial charge on any atom is -0.363 e. The minimum atomic E-state index is -4.48. The van der Waals surface area contributed by atoms with Crippen LogP contribution in [-0.4, -0.2) is 40.5 Å². The maximum atomic E-state index is 13.4. The summed E-state index contributed by atoms with van der Waals surface area (Å²) in [6.07, 6.45) is -2.18. The number of hydrogen-bond donors (Lipinski definition) is 0. The molecule has 0 bridgehead atoms. The van der Waals surface area contributed by atoms with Crippen LogP contribution in [-0.2, 0) is 6.18 Å². The quantitative estimate of drug-likeness (QED) is 0.656. The molecule has 160 valence electrons. The summed E-state index contributed by atoms with van der Waals surface area (Å²) in [7, 11) is 0. The van der Waals surface area contributed by atoms with Crippen molar-refractivity contribution in [3.05, 3.63) is 59.7 Å². The number of aromatic nitrogens is 1. The molecule has 2 saturated heterocycles. The van der Waals surface area contributed by atoms with Crippen LogP contribution < -0.4 is 4.90 Å². The van der Waals surface area contributed by atoms with Crippen LogP contribution in [0.4, 0.5) is 23.2 Å². The van der Waals surface area contributed by atoms with E-state index in [1.807, 2.05) is 0 Å². The van der Waals surface area contributed by atoms with Crippen molar-refractivity contribution in [1.29, 1.82) is 0 Å². The highest BCUT2D eigenvalue weighted by atomic mass is 19.4. The fourth-order valence-corrected chi connectivity index (χ4v) is 4.93. The molecule has 0 aliphatic carbocycles. The van der Waals surface area contributed by atoms with Crippen molar-refractivity contribution in [3.63, 3.8) is 0 Å². The Morgan fingerprint density at radius 2 is 1.83 bits per heavy atom. The van der Waals surface area contributed by atoms with Crippen molar-refractivity contribution in [3.8, 4) is 0 Å². The molecule has 4 rings (SSSR count). The van der Waals surface area contributed by atoms with Crippen LogP contribution in [0.1, 0.15) is 42.7 Å². The Balaban J connectivity index is 1.50. The predicted molar refractivity (Wildman–Crippen MR) is 105 cm³/mol. The second kappa shape index (κ2) is 7.25. The van der Waals surface area contributed by atoms with E-state index in [9.17, 15) is 22.4 Å². The molecule has 2 aliphatic rings. The van der Waals surface area contributed by atoms with Gasteiger partial charge in [-0.1, -0.05) is 0 Å². The molecule has 1 aromatic carbocycles. The van der Waals surface area contributed by atoms with Gasteiger partial charge in [-0.2, -0.15) is 13.2 Å². The van der Waals surface area contributed by atoms with Crippen molar-refractivity contribution in [2.75, 3.05) is 18.0 Å². The highest BCUT2D eigenvalue weighted by Crippen LogP contribution is 2.44. The highest BCUT2D eigenvalue weighted by Gasteiger charge is 2.48. The second-order valence-electron chi connectivity index (χ2n) is 8.66. The van der Waals surface area contributed by atoms with Gasteiger partial charge in [-0.3, -0.25) is 9.78 Å². The predicted octanol–water partition coefficient (Wildman–Crippen LogP) is 4.76. The van der Waals surface area contributed by atoms with Crippen molar-refractivity contribution >= 4 is 11.6 Å². The SMILES string of the molecule is CC1(C)C[C@@H]2CN(C(=O)c3ccc(C(F)(F)F)cn3)CC[C@@H]2N1c1ccc(F)cc1. The van der Waals surface area contributed by atoms with Gasteiger partial charge >= 0.3 is 6.18 Å². The van der Waals surface area contributed by atoms with Crippen LogP contribution in [0.25, 0.3) is 0 Å². The van der Waals surface area contributed by atoms with E-state index in [-0.39, 0.29) is 34.9 Å². The van der Waals surface area contributed by atoms with Crippen LogP contribution >= 0.6 is 0 Å². The third-order valence-electron chi connectivity index (χ3n) is 6.14. The first-order valence-corrected chi connectivity index (χ1v) is 9.94. The number of likely N-dealkylation sites (tertiary alicyclic amines) is 1. The Morgan fingerprint density at radius 1 is 1.13 bits per heavy atom. The molecule has 0 N–H and O–H groups in total. The van der Waals surface area contributed by atoms with E-state index in [4.69, 9.17) is 0 Å². The lowest BCUT2D eigenvalue weighted by Crippen LogP contribution is -2.50. The van der Waals surface area contributed by atoms with E-state index in [2.05, 4.69) is 23.7 Å². The van der Waals surface area contributed by atoms with Gasteiger partial charge in [0.1, 0.15) is 11.5 Å². The van der Waals surface area contributed by atoms with Crippen LogP contribution in [0, 0.1) is 11.7 Å². The normalized spacial score (nSPS) is 23.4. The van der Waals surface area contributed by atoms with Crippen LogP contribution in [0.3, 0.4) is 0 Å². The van der Waals surface area contributed by atoms with Crippen molar-refractivity contribution in [2.45, 2.75) is 44.4 Å². The molecule has 2 aromatic rings. The molecule has 0 unspecified atom stereocenters. The van der Waals surface area contributed by atoms with Gasteiger partial charge in [0.15, 0.2) is 0 Å². The molecule has 30 heavy (non-hydrogen) atoms. The lowest BCUT2D eigenvalue weighted by atomic mass is 9.89. The lowest BCUT2D eigenvalue weighted by molar-refractivity contribution is -0.137. The molecule has 2 atom stereocenters. The molecule has 0 radical (unpaired) electrons. The molecule has 3 heterocycles. The maximum absolute atomic E-state index is 13.4. The summed E-state index contributed by atoms with van der Waals surface area (Å²) in [6.45, 7) is 5.29. The Bertz CT molecular complexity index is 925. The van der Waals surface area contributed by atoms with E-state index >= 15 is 0 Å². The molecule has 1 amide bonds. The smallest absolute Gasteiger partial charge is 0.363 e. The van der Waals surface area contributed by atoms with Gasteiger partial charge in [0.2, 0.25) is 0 Å². The fourth-order valence-electron chi connectivity index (χ4n) is 4.93. The van der Waals surface area contributed by atoms with E-state index < -0.39 is 11.7 Å². The number of fused-ring (bicyclic) bond motifs is 1. The summed E-state index contributed by atoms with van der Waals surface area (Å²) >= 11 is 0. The molecular weight excluding hydrogens is 398 g/mol. The van der Waals surface area contributed by atoms with Crippen LogP contribution in [0.15, 0.2) is 42.6 Å². The number of hydrogen-bond acceptors (Lipinski definition) is 3. The van der Waals surface area contributed by atoms with Gasteiger partial charge in [-0.15, -0.1) is 0 Å². The highest BCUT2D eigenvalue weighted by molar-refractivity contribution is 5.92. The van der Waals surface area contributed by atoms with E-state index in [1.165, 1.54) is 12.1 Å². The Morgan fingerprint density at radius 3 is 2.43 bits per heavy atom. The van der Waals surface area contributed by atoms with Crippen molar-refractivity contribution in [2.24, 2.45) is 5.92 Å². The number of pyridine rings is 1. The maximum Gasteiger partial charge on any atom is 0.417 e. The summed E-state index contributed by atoms with van der Waals surface area (Å²) in [5, 5.41) is 0. The molecule has 8 heteroatoms. The number of amides is 1. The zero-order chi connectivity index (χ0) is 21.7. The third kappa shape index (κ3) is 3.75. The standard InChI is InChI=1S/C22H23F4N3O/c1-21(2)11-14-13-28(20(30)18-8-3-15(12-27-18)22(24,25)26)10-9-19(14)29(21)17-6-4-16(23)5-7-17/h3-8,12,14,19H,9-11,13H2,1-2H3/t14-,19+/m1/s1. The molecule has 0 spiro atoms. The Kier molecular flexibility index (Phi) is 4.98. The van der Waals surface area contributed by atoms with Crippen LogP contribution in [0.2, 0.25) is 0 Å². The summed E-state index contributed by atoms with van der Waals surface area (Å²) in [4.78, 5) is 20.6. The Labute approximate surface area is 172 Å². The molecule has 2 aliphatic heterocycles. The van der Waals surface area contributed by atoms with Crippen molar-refractivity contribution in [1.82, 2.24) is 9.88 Å². The summed E-state index contributed by atoms with van der Waals surface area (Å²) in [5.41, 5.74) is -0.0452. The number of halogens is 4. The fraction of sp³-hybridized carbons (Fsp3) is 0.455. The monoisotopic (exact) mass is 421 g/mol. The number of rotatable bonds is 2. The number of alkyl halides is 3. The summed E-state index contributed by atoms with van der Waals surface area (Å²) in [6, 6.07) is 8.71. The zero-order valence-electron chi connectivity index (χ0n) is 16.8. The van der Waals surface area contributed by atoms with Crippen molar-refractivity contribution < 1.29 is 22.4 Å². The number of anilines is 1. The average Bonchev–Trinajstić information content (AvgIpc) is 2.96. The first-order chi connectivity index (χ1) is 14.1. The molecule has 1 aromatic heterocycles. The lowest BCUT2D eigenvalue weighted by Gasteiger charge is -2.41. The average molecular weight is 421 g/mol. The first kappa shape index (κ1) is 20.6. The zero-order valence-corrected chi connectivity index (χ0v) is 16.8. The molecule has 0 saturated carbocycles. The largest absolute Gasteiger partial charge is 0.417 e. The van der Waals surface area contributed by atoms with Gasteiger partial charge in [0, 0.05) is 36.6 Å². The van der Waals surface area contributed by atoms with E-state index in [0.29, 0.717) is 19.3 Å². The molecular formula is C22H23F4N3O. The topological polar surface area (TPSA) is 36.4 Å². The number of carbonyl (C=O) groups excluding carboxylic acids is 1. The summed E-state index contributed by atoms with van der Waals surface area (Å²) < 4.78 is 51.6. The van der Waals surface area contributed by atoms with Gasteiger partial charge in [0.25, 0.3) is 5.91 Å². The number of carbonyl (C=O) groups is 1. The van der Waals surface area contributed by atoms with Gasteiger partial charge < -0.3 is 9.80 Å². The van der Waals surface area contributed by atoms with E-state index in [0.717, 1.165) is 30.7 Å². The van der Waals surface area contributed by atoms with E-state index in [1.54, 1.807) is 17.0 Å². The third-order valence-corrected chi connectivity index (χ3v) is 6.14. The van der Waals surface area contributed by atoms with Crippen LogP contribution in [0.5, 0.6) is 0 Å². The number of benzene rings is 1. The first-order valence-electron chi connectivity index (χ1n) is 9.94. The molecule has 2 fully saturated rings. The van der Waals surface area contributed by atoms with Gasteiger partial charge in [-0.25, -0.2) is 4.39 Å². The Hall–Kier alpha value is -2.64. The number of nitrogens with zero attached hydrogens (tertiary/aromatic N) is 3. The minimum absolute atomic E-state index is 0.0223. The summed E-state index contributed by atoms with van der Waals surface area (Å²) in [5.74, 6) is -0.408. The van der Waals surface area contributed by atoms with Gasteiger partial charge in [-0.05, 0) is 69.0 Å².